The third-order valence-electron chi connectivity index (χ3n) is 6.31. The molecule has 2 heterocycles. The van der Waals surface area contributed by atoms with Crippen molar-refractivity contribution in [1.29, 1.82) is 0 Å². The zero-order valence-corrected chi connectivity index (χ0v) is 19.4. The van der Waals surface area contributed by atoms with Crippen molar-refractivity contribution in [2.75, 3.05) is 60.0 Å². The predicted octanol–water partition coefficient (Wildman–Crippen LogP) is 2.26. The average Bonchev–Trinajstić information content (AvgIpc) is 2.65. The first-order chi connectivity index (χ1) is 13.2. The number of aliphatic imine (C=N–C) groups is 1. The van der Waals surface area contributed by atoms with Gasteiger partial charge in [-0.3, -0.25) is 9.89 Å². The third kappa shape index (κ3) is 6.89. The van der Waals surface area contributed by atoms with Crippen LogP contribution in [0.15, 0.2) is 4.99 Å². The molecular formula is C22H45N5O. The smallest absolute Gasteiger partial charge is 0.191 e. The number of nitrogens with one attached hydrogen (secondary N) is 2. The first kappa shape index (κ1) is 23.4. The minimum Gasteiger partial charge on any atom is -0.377 e. The largest absolute Gasteiger partial charge is 0.377 e. The topological polar surface area (TPSA) is 52.1 Å². The number of likely N-dealkylation sites (N-methyl/N-ethyl adjacent to an activating group) is 1. The molecule has 0 aliphatic carbocycles. The summed E-state index contributed by atoms with van der Waals surface area (Å²) in [7, 11) is 4.08. The molecule has 2 aliphatic heterocycles. The zero-order chi connectivity index (χ0) is 20.7. The highest BCUT2D eigenvalue weighted by Gasteiger charge is 2.35. The van der Waals surface area contributed by atoms with Gasteiger partial charge in [0.25, 0.3) is 0 Å². The summed E-state index contributed by atoms with van der Waals surface area (Å²) < 4.78 is 6.13. The second-order valence-electron chi connectivity index (χ2n) is 10.0. The quantitative estimate of drug-likeness (QED) is 0.534. The van der Waals surface area contributed by atoms with E-state index in [4.69, 9.17) is 4.74 Å². The Morgan fingerprint density at radius 3 is 2.39 bits per heavy atom. The summed E-state index contributed by atoms with van der Waals surface area (Å²) in [6.07, 6.45) is 2.69. The fourth-order valence-electron chi connectivity index (χ4n) is 4.60. The van der Waals surface area contributed by atoms with Crippen molar-refractivity contribution in [2.45, 2.75) is 59.6 Å². The monoisotopic (exact) mass is 395 g/mol. The van der Waals surface area contributed by atoms with Crippen LogP contribution in [0, 0.1) is 17.3 Å². The van der Waals surface area contributed by atoms with Crippen LogP contribution in [0.25, 0.3) is 0 Å². The van der Waals surface area contributed by atoms with Gasteiger partial charge in [0, 0.05) is 64.9 Å². The molecule has 2 aliphatic rings. The first-order valence-corrected chi connectivity index (χ1v) is 11.2. The molecule has 6 nitrogen and oxygen atoms in total. The number of piperazine rings is 1. The van der Waals surface area contributed by atoms with Crippen LogP contribution >= 0.6 is 0 Å². The maximum Gasteiger partial charge on any atom is 0.191 e. The molecule has 0 radical (unpaired) electrons. The summed E-state index contributed by atoms with van der Waals surface area (Å²) in [6, 6.07) is 0.535. The van der Waals surface area contributed by atoms with Crippen molar-refractivity contribution in [3.63, 3.8) is 0 Å². The number of nitrogens with zero attached hydrogens (tertiary/aromatic N) is 3. The Balaban J connectivity index is 1.85. The maximum absolute atomic E-state index is 6.13. The fraction of sp³-hybridized carbons (Fsp3) is 0.955. The lowest BCUT2D eigenvalue weighted by molar-refractivity contribution is -0.0835. The fourth-order valence-corrected chi connectivity index (χ4v) is 4.60. The van der Waals surface area contributed by atoms with E-state index in [1.807, 2.05) is 7.05 Å². The number of hydrogen-bond acceptors (Lipinski definition) is 4. The molecule has 2 rings (SSSR count). The minimum absolute atomic E-state index is 0.174. The molecule has 3 atom stereocenters. The SMILES string of the molecule is CN=C(NCC1CCCOC1C(C)(C)C)NCC(C(C)C)N1CCN(C)CC1. The van der Waals surface area contributed by atoms with Crippen molar-refractivity contribution >= 4 is 5.96 Å². The normalized spacial score (nSPS) is 27.1. The molecule has 3 unspecified atom stereocenters. The Morgan fingerprint density at radius 1 is 1.14 bits per heavy atom. The van der Waals surface area contributed by atoms with Gasteiger partial charge < -0.3 is 20.3 Å². The van der Waals surface area contributed by atoms with Crippen molar-refractivity contribution in [3.05, 3.63) is 0 Å². The van der Waals surface area contributed by atoms with Crippen LogP contribution in [-0.4, -0.2) is 87.9 Å². The van der Waals surface area contributed by atoms with E-state index < -0.39 is 0 Å². The third-order valence-corrected chi connectivity index (χ3v) is 6.31. The zero-order valence-electron chi connectivity index (χ0n) is 19.4. The van der Waals surface area contributed by atoms with E-state index in [9.17, 15) is 0 Å². The predicted molar refractivity (Wildman–Crippen MR) is 119 cm³/mol. The Kier molecular flexibility index (Phi) is 9.03. The van der Waals surface area contributed by atoms with Crippen LogP contribution < -0.4 is 10.6 Å². The highest BCUT2D eigenvalue weighted by Crippen LogP contribution is 2.33. The number of hydrogen-bond donors (Lipinski definition) is 2. The second kappa shape index (κ2) is 10.8. The molecule has 0 saturated carbocycles. The van der Waals surface area contributed by atoms with Crippen molar-refractivity contribution in [1.82, 2.24) is 20.4 Å². The van der Waals surface area contributed by atoms with E-state index >= 15 is 0 Å². The lowest BCUT2D eigenvalue weighted by Crippen LogP contribution is -2.55. The van der Waals surface area contributed by atoms with Gasteiger partial charge in [0.05, 0.1) is 6.10 Å². The molecular weight excluding hydrogens is 350 g/mol. The van der Waals surface area contributed by atoms with E-state index in [0.29, 0.717) is 24.0 Å². The Bertz CT molecular complexity index is 480. The number of ether oxygens (including phenoxy) is 1. The van der Waals surface area contributed by atoms with Gasteiger partial charge in [0.15, 0.2) is 5.96 Å². The van der Waals surface area contributed by atoms with Crippen molar-refractivity contribution < 1.29 is 4.74 Å². The average molecular weight is 396 g/mol. The van der Waals surface area contributed by atoms with Crippen LogP contribution in [-0.2, 0) is 4.74 Å². The Morgan fingerprint density at radius 2 is 1.82 bits per heavy atom. The van der Waals surface area contributed by atoms with Gasteiger partial charge in [-0.2, -0.15) is 0 Å². The van der Waals surface area contributed by atoms with Gasteiger partial charge in [-0.1, -0.05) is 34.6 Å². The molecule has 2 fully saturated rings. The summed E-state index contributed by atoms with van der Waals surface area (Å²) >= 11 is 0. The minimum atomic E-state index is 0.174. The standard InChI is InChI=1S/C22H45N5O/c1-17(2)19(27-12-10-26(7)11-13-27)16-25-21(23-6)24-15-18-9-8-14-28-20(18)22(3,4)5/h17-20H,8-16H2,1-7H3,(H2,23,24,25). The lowest BCUT2D eigenvalue weighted by Gasteiger charge is -2.41. The number of guanidine groups is 1. The molecule has 164 valence electrons. The van der Waals surface area contributed by atoms with Crippen LogP contribution in [0.1, 0.15) is 47.5 Å². The molecule has 28 heavy (non-hydrogen) atoms. The molecule has 0 aromatic rings. The molecule has 0 aromatic carbocycles. The van der Waals surface area contributed by atoms with Gasteiger partial charge in [-0.25, -0.2) is 0 Å². The van der Waals surface area contributed by atoms with E-state index in [0.717, 1.165) is 58.3 Å². The summed E-state index contributed by atoms with van der Waals surface area (Å²) in [5, 5.41) is 7.17. The first-order valence-electron chi connectivity index (χ1n) is 11.2. The van der Waals surface area contributed by atoms with Crippen molar-refractivity contribution in [2.24, 2.45) is 22.2 Å². The Hall–Kier alpha value is -0.850. The lowest BCUT2D eigenvalue weighted by atomic mass is 9.78. The van der Waals surface area contributed by atoms with Gasteiger partial charge in [-0.15, -0.1) is 0 Å². The Labute approximate surface area is 173 Å². The van der Waals surface area contributed by atoms with Crippen LogP contribution in [0.5, 0.6) is 0 Å². The van der Waals surface area contributed by atoms with Crippen LogP contribution in [0.3, 0.4) is 0 Å². The van der Waals surface area contributed by atoms with E-state index in [2.05, 4.69) is 67.1 Å². The molecule has 0 spiro atoms. The summed E-state index contributed by atoms with van der Waals surface area (Å²) in [5.41, 5.74) is 0.174. The van der Waals surface area contributed by atoms with Crippen LogP contribution in [0.4, 0.5) is 0 Å². The number of rotatable bonds is 6. The van der Waals surface area contributed by atoms with E-state index in [1.54, 1.807) is 0 Å². The highest BCUT2D eigenvalue weighted by atomic mass is 16.5. The molecule has 2 saturated heterocycles. The van der Waals surface area contributed by atoms with Crippen molar-refractivity contribution in [3.8, 4) is 0 Å². The molecule has 0 amide bonds. The van der Waals surface area contributed by atoms with Crippen LogP contribution in [0.2, 0.25) is 0 Å². The summed E-state index contributed by atoms with van der Waals surface area (Å²) in [6.45, 7) is 18.9. The van der Waals surface area contributed by atoms with Gasteiger partial charge in [0.1, 0.15) is 0 Å². The van der Waals surface area contributed by atoms with Gasteiger partial charge in [-0.05, 0) is 31.2 Å². The summed E-state index contributed by atoms with van der Waals surface area (Å²) in [5.74, 6) is 2.06. The molecule has 0 bridgehead atoms. The van der Waals surface area contributed by atoms with Gasteiger partial charge in [0.2, 0.25) is 0 Å². The summed E-state index contributed by atoms with van der Waals surface area (Å²) in [4.78, 5) is 9.53. The molecule has 0 aromatic heterocycles. The van der Waals surface area contributed by atoms with E-state index in [-0.39, 0.29) is 5.41 Å². The van der Waals surface area contributed by atoms with Gasteiger partial charge >= 0.3 is 0 Å². The molecule has 2 N–H and O–H groups in total. The maximum atomic E-state index is 6.13. The second-order valence-corrected chi connectivity index (χ2v) is 10.0. The van der Waals surface area contributed by atoms with E-state index in [1.165, 1.54) is 6.42 Å². The molecule has 6 heteroatoms. The highest BCUT2D eigenvalue weighted by molar-refractivity contribution is 5.79.